The Kier molecular flexibility index (Phi) is 4.55. The molecule has 0 N–H and O–H groups in total. The Morgan fingerprint density at radius 3 is 2.73 bits per heavy atom. The summed E-state index contributed by atoms with van der Waals surface area (Å²) in [7, 11) is 1.48. The van der Waals surface area contributed by atoms with E-state index in [-0.39, 0.29) is 5.78 Å². The topological polar surface area (TPSA) is 52.1 Å². The van der Waals surface area contributed by atoms with Crippen LogP contribution in [0, 0.1) is 0 Å². The van der Waals surface area contributed by atoms with E-state index in [2.05, 4.69) is 9.97 Å². The van der Waals surface area contributed by atoms with Gasteiger partial charge in [0.05, 0.1) is 12.9 Å². The largest absolute Gasteiger partial charge is 0.479 e. The molecule has 0 fully saturated rings. The van der Waals surface area contributed by atoms with Crippen molar-refractivity contribution in [2.24, 2.45) is 0 Å². The van der Waals surface area contributed by atoms with Crippen LogP contribution in [0.5, 0.6) is 5.88 Å². The zero-order valence-corrected chi connectivity index (χ0v) is 9.87. The van der Waals surface area contributed by atoms with E-state index >= 15 is 0 Å². The minimum Gasteiger partial charge on any atom is -0.479 e. The van der Waals surface area contributed by atoms with Gasteiger partial charge in [0.1, 0.15) is 0 Å². The van der Waals surface area contributed by atoms with Gasteiger partial charge in [0.25, 0.3) is 0 Å². The molecule has 0 unspecified atom stereocenters. The summed E-state index contributed by atoms with van der Waals surface area (Å²) in [5, 5.41) is 0.427. The van der Waals surface area contributed by atoms with Gasteiger partial charge in [-0.05, 0) is 5.25 Å². The monoisotopic (exact) mass is 226 g/mol. The number of Topliss-reactive ketones (excluding diaryl/α,β-unsaturated/α-hetero) is 1. The van der Waals surface area contributed by atoms with Crippen LogP contribution in [0.1, 0.15) is 24.3 Å². The first-order valence-electron chi connectivity index (χ1n) is 4.65. The van der Waals surface area contributed by atoms with Crippen LogP contribution in [-0.4, -0.2) is 33.9 Å². The molecule has 0 aliphatic carbocycles. The second kappa shape index (κ2) is 5.70. The number of ether oxygens (including phenoxy) is 1. The molecule has 0 bridgehead atoms. The van der Waals surface area contributed by atoms with Crippen LogP contribution in [0.3, 0.4) is 0 Å². The summed E-state index contributed by atoms with van der Waals surface area (Å²) in [4.78, 5) is 19.6. The van der Waals surface area contributed by atoms with Crippen LogP contribution in [0.15, 0.2) is 12.4 Å². The van der Waals surface area contributed by atoms with E-state index in [4.69, 9.17) is 4.74 Å². The third kappa shape index (κ3) is 3.51. The highest BCUT2D eigenvalue weighted by Gasteiger charge is 2.14. The summed E-state index contributed by atoms with van der Waals surface area (Å²) < 4.78 is 4.97. The average Bonchev–Trinajstić information content (AvgIpc) is 2.25. The van der Waals surface area contributed by atoms with Gasteiger partial charge in [0, 0.05) is 12.4 Å². The van der Waals surface area contributed by atoms with E-state index in [9.17, 15) is 4.79 Å². The Balaban J connectivity index is 2.72. The van der Waals surface area contributed by atoms with Gasteiger partial charge in [-0.3, -0.25) is 4.79 Å². The van der Waals surface area contributed by atoms with E-state index < -0.39 is 0 Å². The SMILES string of the molecule is COc1nccnc1C(=O)CSC(C)C. The summed E-state index contributed by atoms with van der Waals surface area (Å²) in [5.74, 6) is 0.665. The third-order valence-corrected chi connectivity index (χ3v) is 2.77. The van der Waals surface area contributed by atoms with Gasteiger partial charge >= 0.3 is 0 Å². The second-order valence-electron chi connectivity index (χ2n) is 3.20. The van der Waals surface area contributed by atoms with Crippen molar-refractivity contribution in [3.63, 3.8) is 0 Å². The van der Waals surface area contributed by atoms with E-state index in [0.717, 1.165) is 0 Å². The van der Waals surface area contributed by atoms with Crippen LogP contribution in [0.25, 0.3) is 0 Å². The molecule has 0 aromatic carbocycles. The lowest BCUT2D eigenvalue weighted by Gasteiger charge is -2.06. The molecule has 0 atom stereocenters. The van der Waals surface area contributed by atoms with Crippen LogP contribution < -0.4 is 4.74 Å². The summed E-state index contributed by atoms with van der Waals surface area (Å²) in [6.07, 6.45) is 3.00. The Labute approximate surface area is 93.5 Å². The molecule has 0 saturated carbocycles. The van der Waals surface area contributed by atoms with E-state index in [1.807, 2.05) is 13.8 Å². The van der Waals surface area contributed by atoms with Crippen molar-refractivity contribution in [2.45, 2.75) is 19.1 Å². The Hall–Kier alpha value is -1.10. The average molecular weight is 226 g/mol. The molecule has 0 radical (unpaired) electrons. The smallest absolute Gasteiger partial charge is 0.243 e. The molecule has 0 saturated heterocycles. The first-order chi connectivity index (χ1) is 7.15. The minimum atomic E-state index is -0.0429. The highest BCUT2D eigenvalue weighted by atomic mass is 32.2. The molecule has 1 aromatic rings. The number of carbonyl (C=O) groups excluding carboxylic acids is 1. The Morgan fingerprint density at radius 1 is 1.47 bits per heavy atom. The van der Waals surface area contributed by atoms with Crippen molar-refractivity contribution in [1.29, 1.82) is 0 Å². The van der Waals surface area contributed by atoms with Gasteiger partial charge in [0.15, 0.2) is 11.5 Å². The third-order valence-electron chi connectivity index (χ3n) is 1.67. The van der Waals surface area contributed by atoms with Gasteiger partial charge in [-0.25, -0.2) is 9.97 Å². The highest BCUT2D eigenvalue weighted by Crippen LogP contribution is 2.16. The predicted molar refractivity (Wildman–Crippen MR) is 60.5 cm³/mol. The first-order valence-corrected chi connectivity index (χ1v) is 5.69. The van der Waals surface area contributed by atoms with Crippen LogP contribution in [-0.2, 0) is 0 Å². The summed E-state index contributed by atoms with van der Waals surface area (Å²) in [5.41, 5.74) is 0.313. The number of hydrogen-bond acceptors (Lipinski definition) is 5. The number of aromatic nitrogens is 2. The van der Waals surface area contributed by atoms with Crippen molar-refractivity contribution >= 4 is 17.5 Å². The van der Waals surface area contributed by atoms with Crippen LogP contribution >= 0.6 is 11.8 Å². The molecule has 82 valence electrons. The number of ketones is 1. The molecule has 0 spiro atoms. The van der Waals surface area contributed by atoms with Gasteiger partial charge < -0.3 is 4.74 Å². The van der Waals surface area contributed by atoms with Crippen molar-refractivity contribution in [1.82, 2.24) is 9.97 Å². The van der Waals surface area contributed by atoms with Crippen LogP contribution in [0.2, 0.25) is 0 Å². The minimum absolute atomic E-state index is 0.0429. The van der Waals surface area contributed by atoms with Crippen molar-refractivity contribution in [3.8, 4) is 5.88 Å². The summed E-state index contributed by atoms with van der Waals surface area (Å²) in [6.45, 7) is 4.09. The number of carbonyl (C=O) groups is 1. The molecule has 0 aliphatic rings. The lowest BCUT2D eigenvalue weighted by molar-refractivity contribution is 0.101. The van der Waals surface area contributed by atoms with Gasteiger partial charge in [0.2, 0.25) is 5.88 Å². The Bertz CT molecular complexity index is 342. The second-order valence-corrected chi connectivity index (χ2v) is 4.76. The molecule has 1 heterocycles. The fourth-order valence-electron chi connectivity index (χ4n) is 0.977. The zero-order chi connectivity index (χ0) is 11.3. The highest BCUT2D eigenvalue weighted by molar-refractivity contribution is 8.00. The standard InChI is InChI=1S/C10H14N2O2S/c1-7(2)15-6-8(13)9-10(14-3)12-5-4-11-9/h4-5,7H,6H2,1-3H3. The van der Waals surface area contributed by atoms with Crippen molar-refractivity contribution < 1.29 is 9.53 Å². The maximum Gasteiger partial charge on any atom is 0.243 e. The molecule has 0 aliphatic heterocycles. The van der Waals surface area contributed by atoms with Crippen molar-refractivity contribution in [3.05, 3.63) is 18.1 Å². The molecule has 4 nitrogen and oxygen atoms in total. The quantitative estimate of drug-likeness (QED) is 0.717. The predicted octanol–water partition coefficient (Wildman–Crippen LogP) is 1.81. The Morgan fingerprint density at radius 2 is 2.13 bits per heavy atom. The van der Waals surface area contributed by atoms with Gasteiger partial charge in [-0.15, -0.1) is 0 Å². The summed E-state index contributed by atoms with van der Waals surface area (Å²) in [6, 6.07) is 0. The molecule has 1 aromatic heterocycles. The van der Waals surface area contributed by atoms with Crippen LogP contribution in [0.4, 0.5) is 0 Å². The zero-order valence-electron chi connectivity index (χ0n) is 9.06. The molecule has 5 heteroatoms. The fourth-order valence-corrected chi connectivity index (χ4v) is 1.60. The van der Waals surface area contributed by atoms with Gasteiger partial charge in [-0.2, -0.15) is 11.8 Å². The lowest BCUT2D eigenvalue weighted by atomic mass is 10.3. The van der Waals surface area contributed by atoms with E-state index in [0.29, 0.717) is 22.6 Å². The molecule has 0 amide bonds. The van der Waals surface area contributed by atoms with Crippen molar-refractivity contribution in [2.75, 3.05) is 12.9 Å². The number of hydrogen-bond donors (Lipinski definition) is 0. The maximum absolute atomic E-state index is 11.7. The number of methoxy groups -OCH3 is 1. The van der Waals surface area contributed by atoms with E-state index in [1.54, 1.807) is 11.8 Å². The lowest BCUT2D eigenvalue weighted by Crippen LogP contribution is -2.10. The molecular formula is C10H14N2O2S. The first kappa shape index (κ1) is 12.0. The number of thioether (sulfide) groups is 1. The molecule has 1 rings (SSSR count). The maximum atomic E-state index is 11.7. The van der Waals surface area contributed by atoms with Gasteiger partial charge in [-0.1, -0.05) is 13.8 Å². The van der Waals surface area contributed by atoms with E-state index in [1.165, 1.54) is 19.5 Å². The fraction of sp³-hybridized carbons (Fsp3) is 0.500. The summed E-state index contributed by atoms with van der Waals surface area (Å²) >= 11 is 1.58. The molecule has 15 heavy (non-hydrogen) atoms. The molecular weight excluding hydrogens is 212 g/mol. The number of nitrogens with zero attached hydrogens (tertiary/aromatic N) is 2. The normalized spacial score (nSPS) is 10.4. The number of rotatable bonds is 5.